The van der Waals surface area contributed by atoms with Gasteiger partial charge in [0.2, 0.25) is 10.0 Å². The number of rotatable bonds is 7. The Bertz CT molecular complexity index is 448. The molecule has 6 nitrogen and oxygen atoms in total. The van der Waals surface area contributed by atoms with E-state index >= 15 is 0 Å². The van der Waals surface area contributed by atoms with Crippen molar-refractivity contribution in [1.29, 1.82) is 0 Å². The van der Waals surface area contributed by atoms with Crippen LogP contribution >= 0.6 is 24.0 Å². The van der Waals surface area contributed by atoms with Gasteiger partial charge in [-0.05, 0) is 44.9 Å². The third-order valence-corrected chi connectivity index (χ3v) is 6.22. The molecule has 1 rings (SSSR count). The number of halogens is 1. The highest BCUT2D eigenvalue weighted by Crippen LogP contribution is 2.23. The van der Waals surface area contributed by atoms with E-state index < -0.39 is 10.0 Å². The molecular formula is C15H33IN4O2S. The summed E-state index contributed by atoms with van der Waals surface area (Å²) in [6.45, 7) is 5.22. The summed E-state index contributed by atoms with van der Waals surface area (Å²) in [5.74, 6) is 1.81. The van der Waals surface area contributed by atoms with E-state index in [0.29, 0.717) is 19.1 Å². The Kier molecular flexibility index (Phi) is 11.4. The van der Waals surface area contributed by atoms with Gasteiger partial charge in [0, 0.05) is 33.2 Å². The molecule has 0 unspecified atom stereocenters. The van der Waals surface area contributed by atoms with E-state index in [1.165, 1.54) is 30.0 Å². The van der Waals surface area contributed by atoms with Gasteiger partial charge in [-0.15, -0.1) is 24.0 Å². The number of nitrogens with one attached hydrogen (secondary N) is 2. The molecule has 0 heterocycles. The average molecular weight is 460 g/mol. The minimum absolute atomic E-state index is 0. The Morgan fingerprint density at radius 2 is 1.87 bits per heavy atom. The lowest BCUT2D eigenvalue weighted by molar-refractivity contribution is 0.329. The average Bonchev–Trinajstić information content (AvgIpc) is 2.51. The van der Waals surface area contributed by atoms with E-state index in [0.717, 1.165) is 18.3 Å². The molecule has 1 saturated carbocycles. The van der Waals surface area contributed by atoms with Crippen molar-refractivity contribution in [2.45, 2.75) is 52.0 Å². The first kappa shape index (κ1) is 22.9. The van der Waals surface area contributed by atoms with Crippen molar-refractivity contribution in [1.82, 2.24) is 14.9 Å². The Labute approximate surface area is 159 Å². The zero-order chi connectivity index (χ0) is 16.6. The molecule has 0 saturated heterocycles. The highest BCUT2D eigenvalue weighted by molar-refractivity contribution is 14.0. The summed E-state index contributed by atoms with van der Waals surface area (Å²) in [6.07, 6.45) is 5.69. The van der Waals surface area contributed by atoms with Crippen LogP contribution < -0.4 is 10.6 Å². The topological polar surface area (TPSA) is 73.8 Å². The fraction of sp³-hybridized carbons (Fsp3) is 0.933. The molecule has 0 spiro atoms. The fourth-order valence-corrected chi connectivity index (χ4v) is 3.51. The molecule has 0 aliphatic heterocycles. The second-order valence-electron chi connectivity index (χ2n) is 6.18. The van der Waals surface area contributed by atoms with Crippen LogP contribution in [0, 0.1) is 5.92 Å². The number of aliphatic imine (C=N–C) groups is 1. The molecule has 138 valence electrons. The second-order valence-corrected chi connectivity index (χ2v) is 8.54. The van der Waals surface area contributed by atoms with Crippen LogP contribution in [0.4, 0.5) is 0 Å². The number of guanidine groups is 1. The van der Waals surface area contributed by atoms with Gasteiger partial charge in [0.25, 0.3) is 0 Å². The molecule has 0 aromatic rings. The molecule has 1 fully saturated rings. The molecule has 1 aliphatic rings. The van der Waals surface area contributed by atoms with Gasteiger partial charge in [0.05, 0.1) is 5.75 Å². The molecule has 2 N–H and O–H groups in total. The van der Waals surface area contributed by atoms with Crippen molar-refractivity contribution in [2.24, 2.45) is 10.9 Å². The van der Waals surface area contributed by atoms with Crippen molar-refractivity contribution in [3.8, 4) is 0 Å². The molecule has 0 amide bonds. The Morgan fingerprint density at radius 3 is 2.39 bits per heavy atom. The van der Waals surface area contributed by atoms with Crippen molar-refractivity contribution < 1.29 is 8.42 Å². The van der Waals surface area contributed by atoms with Crippen LogP contribution in [-0.2, 0) is 10.0 Å². The molecule has 0 aromatic heterocycles. The zero-order valence-electron chi connectivity index (χ0n) is 14.8. The van der Waals surface area contributed by atoms with Gasteiger partial charge < -0.3 is 10.6 Å². The lowest BCUT2D eigenvalue weighted by Gasteiger charge is -2.28. The molecule has 0 radical (unpaired) electrons. The smallest absolute Gasteiger partial charge is 0.213 e. The van der Waals surface area contributed by atoms with E-state index in [-0.39, 0.29) is 29.7 Å². The maximum absolute atomic E-state index is 11.6. The first-order chi connectivity index (χ1) is 10.4. The minimum atomic E-state index is -3.07. The molecule has 0 aromatic carbocycles. The monoisotopic (exact) mass is 460 g/mol. The highest BCUT2D eigenvalue weighted by atomic mass is 127. The van der Waals surface area contributed by atoms with Gasteiger partial charge in [0.15, 0.2) is 5.96 Å². The van der Waals surface area contributed by atoms with Gasteiger partial charge in [-0.25, -0.2) is 12.7 Å². The van der Waals surface area contributed by atoms with Gasteiger partial charge >= 0.3 is 0 Å². The van der Waals surface area contributed by atoms with E-state index in [2.05, 4.69) is 22.5 Å². The molecule has 8 heteroatoms. The molecule has 0 atom stereocenters. The Balaban J connectivity index is 0.00000484. The van der Waals surface area contributed by atoms with Crippen molar-refractivity contribution in [3.05, 3.63) is 0 Å². The standard InChI is InChI=1S/C15H32N4O2S.HI/c1-5-22(20,21)19(4)12-6-11-17-15(16-3)18-14-9-7-13(2)8-10-14;/h13-14H,5-12H2,1-4H3,(H2,16,17,18);1H. The summed E-state index contributed by atoms with van der Waals surface area (Å²) < 4.78 is 24.7. The second kappa shape index (κ2) is 11.5. The van der Waals surface area contributed by atoms with Gasteiger partial charge in [-0.2, -0.15) is 0 Å². The van der Waals surface area contributed by atoms with E-state index in [1.807, 2.05) is 0 Å². The van der Waals surface area contributed by atoms with Gasteiger partial charge in [0.1, 0.15) is 0 Å². The molecular weight excluding hydrogens is 427 g/mol. The summed E-state index contributed by atoms with van der Waals surface area (Å²) in [5.41, 5.74) is 0. The third kappa shape index (κ3) is 8.53. The van der Waals surface area contributed by atoms with Crippen LogP contribution in [0.5, 0.6) is 0 Å². The quantitative estimate of drug-likeness (QED) is 0.264. The number of hydrogen-bond donors (Lipinski definition) is 2. The Morgan fingerprint density at radius 1 is 1.26 bits per heavy atom. The predicted molar refractivity (Wildman–Crippen MR) is 108 cm³/mol. The largest absolute Gasteiger partial charge is 0.356 e. The predicted octanol–water partition coefficient (Wildman–Crippen LogP) is 2.02. The zero-order valence-corrected chi connectivity index (χ0v) is 18.0. The van der Waals surface area contributed by atoms with Crippen LogP contribution in [-0.4, -0.2) is 57.7 Å². The van der Waals surface area contributed by atoms with Crippen LogP contribution in [0.15, 0.2) is 4.99 Å². The van der Waals surface area contributed by atoms with Gasteiger partial charge in [-0.1, -0.05) is 6.92 Å². The van der Waals surface area contributed by atoms with Crippen LogP contribution in [0.2, 0.25) is 0 Å². The van der Waals surface area contributed by atoms with Crippen LogP contribution in [0.25, 0.3) is 0 Å². The van der Waals surface area contributed by atoms with Crippen molar-refractivity contribution in [3.63, 3.8) is 0 Å². The molecule has 1 aliphatic carbocycles. The molecule has 23 heavy (non-hydrogen) atoms. The van der Waals surface area contributed by atoms with Crippen molar-refractivity contribution >= 4 is 40.0 Å². The van der Waals surface area contributed by atoms with Crippen LogP contribution in [0.3, 0.4) is 0 Å². The number of hydrogen-bond acceptors (Lipinski definition) is 3. The summed E-state index contributed by atoms with van der Waals surface area (Å²) in [4.78, 5) is 4.25. The number of sulfonamides is 1. The maximum Gasteiger partial charge on any atom is 0.213 e. The minimum Gasteiger partial charge on any atom is -0.356 e. The normalized spacial score (nSPS) is 22.6. The summed E-state index contributed by atoms with van der Waals surface area (Å²) in [6, 6.07) is 0.505. The number of nitrogens with zero attached hydrogens (tertiary/aromatic N) is 2. The fourth-order valence-electron chi connectivity index (χ4n) is 2.66. The van der Waals surface area contributed by atoms with Crippen molar-refractivity contribution in [2.75, 3.05) is 32.9 Å². The summed E-state index contributed by atoms with van der Waals surface area (Å²) in [5, 5.41) is 6.73. The molecule has 0 bridgehead atoms. The summed E-state index contributed by atoms with van der Waals surface area (Å²) >= 11 is 0. The third-order valence-electron chi connectivity index (χ3n) is 4.36. The first-order valence-corrected chi connectivity index (χ1v) is 9.91. The van der Waals surface area contributed by atoms with Crippen LogP contribution in [0.1, 0.15) is 46.0 Å². The highest BCUT2D eigenvalue weighted by Gasteiger charge is 2.19. The van der Waals surface area contributed by atoms with E-state index in [4.69, 9.17) is 0 Å². The first-order valence-electron chi connectivity index (χ1n) is 8.30. The SMILES string of the molecule is CCS(=O)(=O)N(C)CCCNC(=NC)NC1CCC(C)CC1.I. The van der Waals surface area contributed by atoms with Gasteiger partial charge in [-0.3, -0.25) is 4.99 Å². The lowest BCUT2D eigenvalue weighted by Crippen LogP contribution is -2.45. The van der Waals surface area contributed by atoms with E-state index in [9.17, 15) is 8.42 Å². The lowest BCUT2D eigenvalue weighted by atomic mass is 9.87. The van der Waals surface area contributed by atoms with E-state index in [1.54, 1.807) is 21.0 Å². The Hall–Kier alpha value is -0.0900. The maximum atomic E-state index is 11.6. The summed E-state index contributed by atoms with van der Waals surface area (Å²) in [7, 11) is 0.334.